The molecule has 4 N–H and O–H groups in total. The molecule has 2 aromatic carbocycles. The summed E-state index contributed by atoms with van der Waals surface area (Å²) in [4.78, 5) is 30.0. The van der Waals surface area contributed by atoms with Gasteiger partial charge >= 0.3 is 0 Å². The van der Waals surface area contributed by atoms with E-state index in [0.717, 1.165) is 47.7 Å². The fourth-order valence-electron chi connectivity index (χ4n) is 5.22. The van der Waals surface area contributed by atoms with E-state index in [-0.39, 0.29) is 18.6 Å². The predicted molar refractivity (Wildman–Crippen MR) is 159 cm³/mol. The van der Waals surface area contributed by atoms with E-state index in [1.807, 2.05) is 31.3 Å². The molecule has 3 heterocycles. The first kappa shape index (κ1) is 27.5. The van der Waals surface area contributed by atoms with Gasteiger partial charge in [-0.3, -0.25) is 4.79 Å². The van der Waals surface area contributed by atoms with Gasteiger partial charge in [-0.05, 0) is 75.4 Å². The molecule has 0 saturated heterocycles. The van der Waals surface area contributed by atoms with Crippen LogP contribution in [0.2, 0.25) is 0 Å². The molecule has 1 aliphatic carbocycles. The zero-order valence-corrected chi connectivity index (χ0v) is 24.1. The van der Waals surface area contributed by atoms with Crippen molar-refractivity contribution in [2.75, 3.05) is 19.0 Å². The maximum Gasteiger partial charge on any atom is 0.251 e. The summed E-state index contributed by atoms with van der Waals surface area (Å²) in [5.41, 5.74) is 4.19. The molecule has 42 heavy (non-hydrogen) atoms. The van der Waals surface area contributed by atoms with Crippen LogP contribution in [0.25, 0.3) is 33.3 Å². The number of rotatable bonds is 9. The molecule has 1 saturated carbocycles. The van der Waals surface area contributed by atoms with Gasteiger partial charge in [-0.25, -0.2) is 4.98 Å². The topological polar surface area (TPSA) is 147 Å². The first-order valence-corrected chi connectivity index (χ1v) is 14.0. The SMILES string of the molecule is COc1cc(C(=O)NC(C)(C)CO)ccc1Nc1nc(OC2CCCC2)c2c(-c3ccc4nc(C)oc4c3)c[nH]c2n1. The van der Waals surface area contributed by atoms with Gasteiger partial charge in [0.1, 0.15) is 23.0 Å². The summed E-state index contributed by atoms with van der Waals surface area (Å²) in [6.45, 7) is 5.14. The van der Waals surface area contributed by atoms with E-state index in [4.69, 9.17) is 23.9 Å². The first-order valence-electron chi connectivity index (χ1n) is 14.0. The molecule has 1 fully saturated rings. The zero-order chi connectivity index (χ0) is 29.4. The number of carbonyl (C=O) groups is 1. The van der Waals surface area contributed by atoms with Crippen LogP contribution in [0.5, 0.6) is 11.6 Å². The smallest absolute Gasteiger partial charge is 0.251 e. The molecule has 1 aliphatic rings. The number of nitrogens with zero attached hydrogens (tertiary/aromatic N) is 3. The number of anilines is 2. The number of benzene rings is 2. The Hall–Kier alpha value is -4.64. The first-order chi connectivity index (χ1) is 20.2. The molecule has 0 bridgehead atoms. The summed E-state index contributed by atoms with van der Waals surface area (Å²) < 4.78 is 17.9. The van der Waals surface area contributed by atoms with Gasteiger partial charge < -0.3 is 34.6 Å². The number of aromatic nitrogens is 4. The molecule has 5 aromatic rings. The largest absolute Gasteiger partial charge is 0.495 e. The lowest BCUT2D eigenvalue weighted by Crippen LogP contribution is -2.46. The number of aryl methyl sites for hydroxylation is 1. The van der Waals surface area contributed by atoms with Crippen molar-refractivity contribution in [1.82, 2.24) is 25.3 Å². The van der Waals surface area contributed by atoms with Gasteiger partial charge in [0.15, 0.2) is 11.5 Å². The number of aliphatic hydroxyl groups excluding tert-OH is 1. The van der Waals surface area contributed by atoms with Crippen molar-refractivity contribution < 1.29 is 23.8 Å². The molecule has 3 aromatic heterocycles. The number of aromatic amines is 1. The summed E-state index contributed by atoms with van der Waals surface area (Å²) in [6.07, 6.45) is 6.17. The lowest BCUT2D eigenvalue weighted by molar-refractivity contribution is 0.0869. The Labute approximate surface area is 242 Å². The average molecular weight is 571 g/mol. The van der Waals surface area contributed by atoms with E-state index in [1.165, 1.54) is 7.11 Å². The summed E-state index contributed by atoms with van der Waals surface area (Å²) in [5, 5.41) is 16.4. The Morgan fingerprint density at radius 3 is 2.71 bits per heavy atom. The summed E-state index contributed by atoms with van der Waals surface area (Å²) >= 11 is 0. The minimum absolute atomic E-state index is 0.0774. The third-order valence-corrected chi connectivity index (χ3v) is 7.44. The number of H-pyrrole nitrogens is 1. The van der Waals surface area contributed by atoms with Crippen molar-refractivity contribution >= 4 is 39.7 Å². The second kappa shape index (κ2) is 11.0. The third-order valence-electron chi connectivity index (χ3n) is 7.44. The predicted octanol–water partition coefficient (Wildman–Crippen LogP) is 5.65. The van der Waals surface area contributed by atoms with E-state index in [0.29, 0.717) is 45.9 Å². The van der Waals surface area contributed by atoms with Crippen LogP contribution in [0.1, 0.15) is 55.8 Å². The van der Waals surface area contributed by atoms with Gasteiger partial charge in [0.2, 0.25) is 11.8 Å². The average Bonchev–Trinajstić information content (AvgIpc) is 3.72. The van der Waals surface area contributed by atoms with Crippen LogP contribution in [0, 0.1) is 6.92 Å². The minimum atomic E-state index is -0.755. The van der Waals surface area contributed by atoms with E-state index in [1.54, 1.807) is 32.0 Å². The Morgan fingerprint density at radius 1 is 1.14 bits per heavy atom. The van der Waals surface area contributed by atoms with Crippen molar-refractivity contribution in [2.24, 2.45) is 0 Å². The Kier molecular flexibility index (Phi) is 7.19. The fraction of sp³-hybridized carbons (Fsp3) is 0.355. The highest BCUT2D eigenvalue weighted by Gasteiger charge is 2.24. The third kappa shape index (κ3) is 5.47. The highest BCUT2D eigenvalue weighted by molar-refractivity contribution is 5.99. The molecule has 1 amide bonds. The van der Waals surface area contributed by atoms with Crippen LogP contribution in [0.15, 0.2) is 47.0 Å². The number of fused-ring (bicyclic) bond motifs is 2. The highest BCUT2D eigenvalue weighted by atomic mass is 16.5. The van der Waals surface area contributed by atoms with E-state index >= 15 is 0 Å². The normalized spacial score (nSPS) is 14.0. The highest BCUT2D eigenvalue weighted by Crippen LogP contribution is 2.38. The van der Waals surface area contributed by atoms with Crippen molar-refractivity contribution in [3.63, 3.8) is 0 Å². The number of methoxy groups -OCH3 is 1. The minimum Gasteiger partial charge on any atom is -0.495 e. The van der Waals surface area contributed by atoms with Crippen molar-refractivity contribution in [1.29, 1.82) is 0 Å². The standard InChI is InChI=1S/C31H34N6O5/c1-17-33-23-11-9-18(13-25(23)41-17)21-15-32-27-26(21)29(42-20-7-5-6-8-20)36-30(35-27)34-22-12-10-19(14-24(22)40-4)28(39)37-31(2,3)16-38/h9-15,20,38H,5-8,16H2,1-4H3,(H,37,39)(H2,32,34,35,36). The number of carbonyl (C=O) groups excluding carboxylic acids is 1. The molecule has 0 unspecified atom stereocenters. The van der Waals surface area contributed by atoms with Gasteiger partial charge in [0, 0.05) is 24.2 Å². The van der Waals surface area contributed by atoms with Crippen LogP contribution in [-0.2, 0) is 0 Å². The molecule has 0 atom stereocenters. The molecular formula is C31H34N6O5. The summed E-state index contributed by atoms with van der Waals surface area (Å²) in [7, 11) is 1.53. The van der Waals surface area contributed by atoms with Crippen LogP contribution in [0.4, 0.5) is 11.6 Å². The number of hydrogen-bond acceptors (Lipinski definition) is 9. The molecule has 0 radical (unpaired) electrons. The van der Waals surface area contributed by atoms with Gasteiger partial charge in [0.05, 0.1) is 30.3 Å². The maximum atomic E-state index is 12.8. The Morgan fingerprint density at radius 2 is 1.95 bits per heavy atom. The number of hydrogen-bond donors (Lipinski definition) is 4. The van der Waals surface area contributed by atoms with Gasteiger partial charge in [-0.15, -0.1) is 0 Å². The summed E-state index contributed by atoms with van der Waals surface area (Å²) in [5.74, 6) is 1.54. The van der Waals surface area contributed by atoms with Crippen LogP contribution < -0.4 is 20.1 Å². The van der Waals surface area contributed by atoms with E-state index < -0.39 is 5.54 Å². The summed E-state index contributed by atoms with van der Waals surface area (Å²) in [6, 6.07) is 11.0. The lowest BCUT2D eigenvalue weighted by Gasteiger charge is -2.23. The Balaban J connectivity index is 1.36. The van der Waals surface area contributed by atoms with E-state index in [2.05, 4.69) is 20.6 Å². The molecule has 11 heteroatoms. The molecule has 218 valence electrons. The number of oxazole rings is 1. The quantitative estimate of drug-likeness (QED) is 0.176. The zero-order valence-electron chi connectivity index (χ0n) is 24.1. The Bertz CT molecular complexity index is 1770. The molecule has 11 nitrogen and oxygen atoms in total. The number of ether oxygens (including phenoxy) is 2. The number of nitrogens with one attached hydrogen (secondary N) is 3. The van der Waals surface area contributed by atoms with E-state index in [9.17, 15) is 9.90 Å². The van der Waals surface area contributed by atoms with Crippen molar-refractivity contribution in [3.8, 4) is 22.8 Å². The lowest BCUT2D eigenvalue weighted by atomic mass is 10.1. The number of amides is 1. The second-order valence-corrected chi connectivity index (χ2v) is 11.3. The van der Waals surface area contributed by atoms with Crippen LogP contribution in [0.3, 0.4) is 0 Å². The molecule has 6 rings (SSSR count). The van der Waals surface area contributed by atoms with Gasteiger partial charge in [-0.1, -0.05) is 6.07 Å². The number of aliphatic hydroxyl groups is 1. The maximum absolute atomic E-state index is 12.8. The van der Waals surface area contributed by atoms with Crippen molar-refractivity contribution in [3.05, 3.63) is 54.0 Å². The molecule has 0 aliphatic heterocycles. The van der Waals surface area contributed by atoms with Gasteiger partial charge in [0.25, 0.3) is 5.91 Å². The molecular weight excluding hydrogens is 536 g/mol. The van der Waals surface area contributed by atoms with Crippen molar-refractivity contribution in [2.45, 2.75) is 58.1 Å². The second-order valence-electron chi connectivity index (χ2n) is 11.3. The molecule has 0 spiro atoms. The van der Waals surface area contributed by atoms with Crippen LogP contribution >= 0.6 is 0 Å². The van der Waals surface area contributed by atoms with Crippen LogP contribution in [-0.4, -0.2) is 56.3 Å². The van der Waals surface area contributed by atoms with Gasteiger partial charge in [-0.2, -0.15) is 9.97 Å². The fourth-order valence-corrected chi connectivity index (χ4v) is 5.22. The monoisotopic (exact) mass is 570 g/mol.